The van der Waals surface area contributed by atoms with Gasteiger partial charge in [-0.15, -0.1) is 0 Å². The van der Waals surface area contributed by atoms with Gasteiger partial charge in [0.15, 0.2) is 11.6 Å². The van der Waals surface area contributed by atoms with Crippen LogP contribution in [0.15, 0.2) is 60.9 Å². The molecule has 4 heteroatoms. The molecule has 2 aliphatic rings. The minimum atomic E-state index is 0.158. The van der Waals surface area contributed by atoms with Gasteiger partial charge in [0.05, 0.1) is 0 Å². The van der Waals surface area contributed by atoms with E-state index < -0.39 is 0 Å². The molecule has 4 nitrogen and oxygen atoms in total. The van der Waals surface area contributed by atoms with Crippen LogP contribution >= 0.6 is 0 Å². The Morgan fingerprint density at radius 2 is 1.43 bits per heavy atom. The quantitative estimate of drug-likeness (QED) is 0.491. The zero-order chi connectivity index (χ0) is 20.9. The summed E-state index contributed by atoms with van der Waals surface area (Å²) in [6.07, 6.45) is 7.13. The van der Waals surface area contributed by atoms with Gasteiger partial charge in [0.25, 0.3) is 0 Å². The van der Waals surface area contributed by atoms with Crippen LogP contribution in [0.25, 0.3) is 0 Å². The van der Waals surface area contributed by atoms with Crippen LogP contribution in [0.2, 0.25) is 0 Å². The van der Waals surface area contributed by atoms with Crippen molar-refractivity contribution in [2.45, 2.75) is 64.5 Å². The summed E-state index contributed by atoms with van der Waals surface area (Å²) in [5.41, 5.74) is 5.49. The Morgan fingerprint density at radius 1 is 0.867 bits per heavy atom. The predicted molar refractivity (Wildman–Crippen MR) is 124 cm³/mol. The summed E-state index contributed by atoms with van der Waals surface area (Å²) in [4.78, 5) is 14.5. The highest BCUT2D eigenvalue weighted by Gasteiger charge is 2.50. The maximum Gasteiger partial charge on any atom is 0.178 e. The average molecular weight is 399 g/mol. The van der Waals surface area contributed by atoms with Crippen molar-refractivity contribution in [1.29, 1.82) is 0 Å². The number of hydrogen-bond donors (Lipinski definition) is 0. The molecule has 3 aromatic rings. The van der Waals surface area contributed by atoms with Crippen LogP contribution in [0.4, 0.5) is 23.0 Å². The van der Waals surface area contributed by atoms with Crippen LogP contribution in [0.3, 0.4) is 0 Å². The van der Waals surface area contributed by atoms with Crippen LogP contribution in [-0.2, 0) is 5.41 Å². The van der Waals surface area contributed by atoms with Crippen LogP contribution in [-0.4, -0.2) is 16.1 Å². The first-order chi connectivity index (χ1) is 14.6. The molecule has 1 atom stereocenters. The number of hydrogen-bond acceptors (Lipinski definition) is 4. The second-order valence-corrected chi connectivity index (χ2v) is 8.85. The van der Waals surface area contributed by atoms with Gasteiger partial charge in [-0.3, -0.25) is 0 Å². The number of aromatic nitrogens is 2. The molecule has 1 unspecified atom stereocenters. The summed E-state index contributed by atoms with van der Waals surface area (Å²) in [5, 5.41) is 0. The molecule has 1 aromatic heterocycles. The minimum absolute atomic E-state index is 0.158. The zero-order valence-corrected chi connectivity index (χ0v) is 18.3. The van der Waals surface area contributed by atoms with E-state index in [2.05, 4.69) is 86.0 Å². The SMILES string of the molecule is CCC1(CC)CC2N(c3ccccc3C(C)C)c3nccnc3N2c2ccccc21. The largest absolute Gasteiger partial charge is 0.302 e. The molecule has 0 aliphatic carbocycles. The van der Waals surface area contributed by atoms with E-state index in [-0.39, 0.29) is 11.6 Å². The van der Waals surface area contributed by atoms with E-state index in [1.54, 1.807) is 0 Å². The van der Waals surface area contributed by atoms with E-state index in [9.17, 15) is 0 Å². The maximum absolute atomic E-state index is 4.84. The Morgan fingerprint density at radius 3 is 2.07 bits per heavy atom. The molecule has 0 bridgehead atoms. The summed E-state index contributed by atoms with van der Waals surface area (Å²) in [6, 6.07) is 17.7. The predicted octanol–water partition coefficient (Wildman–Crippen LogP) is 6.68. The van der Waals surface area contributed by atoms with Crippen molar-refractivity contribution in [3.05, 3.63) is 72.1 Å². The van der Waals surface area contributed by atoms with Crippen LogP contribution < -0.4 is 9.80 Å². The van der Waals surface area contributed by atoms with E-state index in [4.69, 9.17) is 9.97 Å². The fourth-order valence-corrected chi connectivity index (χ4v) is 5.50. The molecule has 0 N–H and O–H groups in total. The van der Waals surface area contributed by atoms with Crippen molar-refractivity contribution in [3.63, 3.8) is 0 Å². The third-order valence-electron chi connectivity index (χ3n) is 7.19. The fraction of sp³-hybridized carbons (Fsp3) is 0.385. The summed E-state index contributed by atoms with van der Waals surface area (Å²) in [7, 11) is 0. The smallest absolute Gasteiger partial charge is 0.178 e. The zero-order valence-electron chi connectivity index (χ0n) is 18.3. The molecular formula is C26H30N4. The molecule has 0 spiro atoms. The molecule has 30 heavy (non-hydrogen) atoms. The Bertz CT molecular complexity index is 1070. The van der Waals surface area contributed by atoms with Crippen molar-refractivity contribution in [2.75, 3.05) is 9.80 Å². The Hall–Kier alpha value is -2.88. The molecule has 0 fully saturated rings. The number of fused-ring (bicyclic) bond motifs is 5. The monoisotopic (exact) mass is 398 g/mol. The fourth-order valence-electron chi connectivity index (χ4n) is 5.50. The van der Waals surface area contributed by atoms with E-state index in [1.165, 1.54) is 22.5 Å². The van der Waals surface area contributed by atoms with Crippen molar-refractivity contribution in [1.82, 2.24) is 9.97 Å². The molecule has 0 saturated carbocycles. The van der Waals surface area contributed by atoms with Gasteiger partial charge in [-0.25, -0.2) is 9.97 Å². The highest BCUT2D eigenvalue weighted by Crippen LogP contribution is 2.56. The van der Waals surface area contributed by atoms with Gasteiger partial charge in [0, 0.05) is 29.2 Å². The minimum Gasteiger partial charge on any atom is -0.302 e. The van der Waals surface area contributed by atoms with E-state index in [0.717, 1.165) is 30.9 Å². The Balaban J connectivity index is 1.77. The molecule has 2 aromatic carbocycles. The van der Waals surface area contributed by atoms with Gasteiger partial charge >= 0.3 is 0 Å². The summed E-state index contributed by atoms with van der Waals surface area (Å²) < 4.78 is 0. The van der Waals surface area contributed by atoms with Crippen molar-refractivity contribution in [2.24, 2.45) is 0 Å². The average Bonchev–Trinajstić information content (AvgIpc) is 3.12. The van der Waals surface area contributed by atoms with Gasteiger partial charge in [0.1, 0.15) is 6.17 Å². The van der Waals surface area contributed by atoms with Crippen molar-refractivity contribution < 1.29 is 0 Å². The van der Waals surface area contributed by atoms with Gasteiger partial charge in [0.2, 0.25) is 0 Å². The van der Waals surface area contributed by atoms with Crippen LogP contribution in [0, 0.1) is 0 Å². The highest BCUT2D eigenvalue weighted by molar-refractivity contribution is 5.86. The second-order valence-electron chi connectivity index (χ2n) is 8.85. The van der Waals surface area contributed by atoms with E-state index in [0.29, 0.717) is 5.92 Å². The molecule has 0 radical (unpaired) electrons. The number of para-hydroxylation sites is 2. The number of nitrogens with zero attached hydrogens (tertiary/aromatic N) is 4. The van der Waals surface area contributed by atoms with Gasteiger partial charge < -0.3 is 9.80 Å². The molecular weight excluding hydrogens is 368 g/mol. The second kappa shape index (κ2) is 7.12. The number of benzene rings is 2. The molecule has 3 heterocycles. The first-order valence-corrected chi connectivity index (χ1v) is 11.2. The maximum atomic E-state index is 4.84. The molecule has 154 valence electrons. The highest BCUT2D eigenvalue weighted by atomic mass is 15.5. The number of rotatable bonds is 4. The lowest BCUT2D eigenvalue weighted by Gasteiger charge is -2.47. The molecule has 0 saturated heterocycles. The third-order valence-corrected chi connectivity index (χ3v) is 7.19. The lowest BCUT2D eigenvalue weighted by molar-refractivity contribution is 0.322. The van der Waals surface area contributed by atoms with Crippen molar-refractivity contribution in [3.8, 4) is 0 Å². The van der Waals surface area contributed by atoms with Crippen LogP contribution in [0.5, 0.6) is 0 Å². The molecule has 5 rings (SSSR count). The Labute approximate surface area is 179 Å². The van der Waals surface area contributed by atoms with Gasteiger partial charge in [-0.1, -0.05) is 64.1 Å². The first-order valence-electron chi connectivity index (χ1n) is 11.2. The molecule has 2 aliphatic heterocycles. The summed E-state index contributed by atoms with van der Waals surface area (Å²) >= 11 is 0. The molecule has 0 amide bonds. The number of anilines is 4. The first kappa shape index (κ1) is 19.1. The van der Waals surface area contributed by atoms with Crippen LogP contribution in [0.1, 0.15) is 64.0 Å². The van der Waals surface area contributed by atoms with Crippen molar-refractivity contribution >= 4 is 23.0 Å². The summed E-state index contributed by atoms with van der Waals surface area (Å²) in [5.74, 6) is 2.37. The van der Waals surface area contributed by atoms with E-state index in [1.807, 2.05) is 12.4 Å². The Kier molecular flexibility index (Phi) is 4.53. The summed E-state index contributed by atoms with van der Waals surface area (Å²) in [6.45, 7) is 9.20. The van der Waals surface area contributed by atoms with Gasteiger partial charge in [-0.2, -0.15) is 0 Å². The lowest BCUT2D eigenvalue weighted by Crippen LogP contribution is -2.49. The van der Waals surface area contributed by atoms with Gasteiger partial charge in [-0.05, 0) is 48.4 Å². The normalized spacial score (nSPS) is 18.9. The standard InChI is InChI=1S/C26H30N4/c1-5-26(6-2)17-23-29(21-13-9-7-11-19(21)18(3)4)24-25(28-16-15-27-24)30(23)22-14-10-8-12-20(22)26/h7-16,18,23H,5-6,17H2,1-4H3. The topological polar surface area (TPSA) is 32.3 Å². The van der Waals surface area contributed by atoms with E-state index >= 15 is 0 Å². The lowest BCUT2D eigenvalue weighted by atomic mass is 9.69. The third kappa shape index (κ3) is 2.59.